The van der Waals surface area contributed by atoms with Crippen molar-refractivity contribution in [3.63, 3.8) is 0 Å². The molecule has 0 N–H and O–H groups in total. The normalized spacial score (nSPS) is 17.0. The molecule has 2 heteroatoms. The van der Waals surface area contributed by atoms with E-state index in [0.29, 0.717) is 0 Å². The predicted octanol–water partition coefficient (Wildman–Crippen LogP) is 4.39. The molecular weight excluding hydrogens is 256 g/mol. The minimum absolute atomic E-state index is 0.267. The Morgan fingerprint density at radius 3 is 1.86 bits per heavy atom. The quantitative estimate of drug-likeness (QED) is 0.816. The molecule has 3 rings (SSSR count). The van der Waals surface area contributed by atoms with Crippen molar-refractivity contribution in [2.45, 2.75) is 25.9 Å². The van der Waals surface area contributed by atoms with Crippen molar-refractivity contribution >= 4 is 0 Å². The fourth-order valence-electron chi connectivity index (χ4n) is 2.51. The van der Waals surface area contributed by atoms with E-state index in [0.717, 1.165) is 0 Å². The van der Waals surface area contributed by atoms with Gasteiger partial charge in [-0.15, -0.1) is 0 Å². The van der Waals surface area contributed by atoms with Crippen LogP contribution in [-0.2, 0) is 0 Å². The molecule has 0 amide bonds. The van der Waals surface area contributed by atoms with Gasteiger partial charge in [-0.3, -0.25) is 0 Å². The van der Waals surface area contributed by atoms with Crippen molar-refractivity contribution in [3.05, 3.63) is 90.9 Å². The second-order valence-corrected chi connectivity index (χ2v) is 5.31. The van der Waals surface area contributed by atoms with Gasteiger partial charge in [0, 0.05) is 12.4 Å². The molecule has 0 saturated heterocycles. The van der Waals surface area contributed by atoms with E-state index in [1.54, 1.807) is 0 Å². The van der Waals surface area contributed by atoms with Gasteiger partial charge in [0.25, 0.3) is 0 Å². The van der Waals surface area contributed by atoms with Gasteiger partial charge in [0.05, 0.1) is 12.1 Å². The Kier molecular flexibility index (Phi) is 3.96. The summed E-state index contributed by atoms with van der Waals surface area (Å²) in [5.74, 6) is 0. The topological polar surface area (TPSA) is 6.48 Å². The molecule has 1 heterocycles. The van der Waals surface area contributed by atoms with Crippen molar-refractivity contribution in [1.82, 2.24) is 9.80 Å². The lowest BCUT2D eigenvalue weighted by molar-refractivity contribution is 0.259. The van der Waals surface area contributed by atoms with Crippen LogP contribution in [0.2, 0.25) is 0 Å². The Labute approximate surface area is 127 Å². The van der Waals surface area contributed by atoms with Gasteiger partial charge in [0.1, 0.15) is 0 Å². The lowest BCUT2D eigenvalue weighted by Gasteiger charge is -2.28. The molecule has 105 valence electrons. The standard InChI is InChI=1S/C19H19N2/c1-16(18-9-5-3-6-10-18)20-13-14-21(15-20)17(2)19-11-7-4-8-12-19/h3,5-14,16-17H,1-2H3/t16-,17+/m1/s1. The summed E-state index contributed by atoms with van der Waals surface area (Å²) < 4.78 is 0. The van der Waals surface area contributed by atoms with Gasteiger partial charge < -0.3 is 9.80 Å². The number of hydrogen-bond donors (Lipinski definition) is 0. The van der Waals surface area contributed by atoms with Crippen LogP contribution in [-0.4, -0.2) is 9.80 Å². The van der Waals surface area contributed by atoms with E-state index in [1.165, 1.54) is 11.1 Å². The molecule has 0 saturated carbocycles. The summed E-state index contributed by atoms with van der Waals surface area (Å²) in [6.45, 7) is 7.81. The highest BCUT2D eigenvalue weighted by atomic mass is 15.4. The third-order valence-electron chi connectivity index (χ3n) is 3.96. The highest BCUT2D eigenvalue weighted by molar-refractivity contribution is 5.22. The SMILES string of the molecule is C[C@H](c1ccccc1)N1[C]N([C@@H](C)c2cc[c]cc2)C=C1. The highest BCUT2D eigenvalue weighted by Gasteiger charge is 2.24. The first-order valence-electron chi connectivity index (χ1n) is 7.28. The smallest absolute Gasteiger partial charge is 0.208 e. The van der Waals surface area contributed by atoms with Crippen molar-refractivity contribution < 1.29 is 0 Å². The first kappa shape index (κ1) is 13.7. The summed E-state index contributed by atoms with van der Waals surface area (Å²) in [7, 11) is 0. The van der Waals surface area contributed by atoms with Gasteiger partial charge in [-0.1, -0.05) is 54.6 Å². The molecule has 1 aliphatic heterocycles. The third-order valence-corrected chi connectivity index (χ3v) is 3.96. The van der Waals surface area contributed by atoms with Gasteiger partial charge in [0.2, 0.25) is 6.67 Å². The zero-order chi connectivity index (χ0) is 14.7. The van der Waals surface area contributed by atoms with E-state index in [-0.39, 0.29) is 12.1 Å². The minimum atomic E-state index is 0.267. The van der Waals surface area contributed by atoms with Crippen LogP contribution in [0.25, 0.3) is 0 Å². The van der Waals surface area contributed by atoms with E-state index in [1.807, 2.05) is 18.2 Å². The average Bonchev–Trinajstić information content (AvgIpc) is 3.05. The molecule has 2 atom stereocenters. The fraction of sp³-hybridized carbons (Fsp3) is 0.211. The monoisotopic (exact) mass is 275 g/mol. The molecule has 3 radical (unpaired) electrons. The maximum absolute atomic E-state index is 3.43. The van der Waals surface area contributed by atoms with Crippen LogP contribution in [0.15, 0.2) is 67.0 Å². The lowest BCUT2D eigenvalue weighted by atomic mass is 10.1. The highest BCUT2D eigenvalue weighted by Crippen LogP contribution is 2.31. The Morgan fingerprint density at radius 2 is 1.29 bits per heavy atom. The van der Waals surface area contributed by atoms with Crippen LogP contribution in [0.4, 0.5) is 0 Å². The summed E-state index contributed by atoms with van der Waals surface area (Å²) in [5.41, 5.74) is 2.55. The Balaban J connectivity index is 1.68. The first-order chi connectivity index (χ1) is 10.3. The van der Waals surface area contributed by atoms with Crippen LogP contribution in [0, 0.1) is 12.7 Å². The zero-order valence-electron chi connectivity index (χ0n) is 12.4. The second-order valence-electron chi connectivity index (χ2n) is 5.31. The fourth-order valence-corrected chi connectivity index (χ4v) is 2.51. The Bertz CT molecular complexity index is 538. The number of nitrogens with zero attached hydrogens (tertiary/aromatic N) is 2. The van der Waals surface area contributed by atoms with Crippen molar-refractivity contribution in [1.29, 1.82) is 0 Å². The largest absolute Gasteiger partial charge is 0.339 e. The van der Waals surface area contributed by atoms with Crippen LogP contribution < -0.4 is 0 Å². The molecule has 1 aliphatic rings. The summed E-state index contributed by atoms with van der Waals surface area (Å²) in [4.78, 5) is 4.25. The van der Waals surface area contributed by atoms with Crippen LogP contribution >= 0.6 is 0 Å². The van der Waals surface area contributed by atoms with Crippen molar-refractivity contribution in [3.8, 4) is 0 Å². The molecule has 0 unspecified atom stereocenters. The Hall–Kier alpha value is -2.22. The average molecular weight is 275 g/mol. The van der Waals surface area contributed by atoms with Gasteiger partial charge >= 0.3 is 0 Å². The van der Waals surface area contributed by atoms with Gasteiger partial charge in [-0.2, -0.15) is 0 Å². The van der Waals surface area contributed by atoms with E-state index in [9.17, 15) is 0 Å². The van der Waals surface area contributed by atoms with Gasteiger partial charge in [-0.05, 0) is 31.0 Å². The molecule has 2 aromatic rings. The van der Waals surface area contributed by atoms with E-state index >= 15 is 0 Å². The maximum Gasteiger partial charge on any atom is 0.208 e. The van der Waals surface area contributed by atoms with E-state index in [4.69, 9.17) is 0 Å². The predicted molar refractivity (Wildman–Crippen MR) is 84.6 cm³/mol. The second kappa shape index (κ2) is 6.04. The molecule has 2 aromatic carbocycles. The maximum atomic E-state index is 3.43. The molecule has 0 fully saturated rings. The molecule has 2 nitrogen and oxygen atoms in total. The summed E-state index contributed by atoms with van der Waals surface area (Å²) in [5, 5.41) is 0. The molecule has 0 aromatic heterocycles. The van der Waals surface area contributed by atoms with Crippen LogP contribution in [0.3, 0.4) is 0 Å². The van der Waals surface area contributed by atoms with Gasteiger partial charge in [-0.25, -0.2) is 0 Å². The van der Waals surface area contributed by atoms with Crippen molar-refractivity contribution in [2.24, 2.45) is 0 Å². The minimum Gasteiger partial charge on any atom is -0.339 e. The van der Waals surface area contributed by atoms with E-state index in [2.05, 4.69) is 85.2 Å². The van der Waals surface area contributed by atoms with Gasteiger partial charge in [0.15, 0.2) is 0 Å². The Morgan fingerprint density at radius 1 is 0.762 bits per heavy atom. The number of benzene rings is 2. The zero-order valence-corrected chi connectivity index (χ0v) is 12.4. The first-order valence-corrected chi connectivity index (χ1v) is 7.28. The third kappa shape index (κ3) is 2.94. The molecule has 0 aliphatic carbocycles. The van der Waals surface area contributed by atoms with Crippen LogP contribution in [0.5, 0.6) is 0 Å². The molecule has 0 bridgehead atoms. The van der Waals surface area contributed by atoms with Crippen molar-refractivity contribution in [2.75, 3.05) is 0 Å². The summed E-state index contributed by atoms with van der Waals surface area (Å²) in [6, 6.07) is 22.2. The van der Waals surface area contributed by atoms with Crippen LogP contribution in [0.1, 0.15) is 37.1 Å². The van der Waals surface area contributed by atoms with E-state index < -0.39 is 0 Å². The number of hydrogen-bond acceptors (Lipinski definition) is 2. The molecule has 0 spiro atoms. The number of rotatable bonds is 4. The summed E-state index contributed by atoms with van der Waals surface area (Å²) >= 11 is 0. The molecular formula is C19H19N2. The summed E-state index contributed by atoms with van der Waals surface area (Å²) in [6.07, 6.45) is 4.17. The lowest BCUT2D eigenvalue weighted by Crippen LogP contribution is -2.24. The molecule has 21 heavy (non-hydrogen) atoms.